The van der Waals surface area contributed by atoms with Gasteiger partial charge in [-0.05, 0) is 90.7 Å². The fourth-order valence-electron chi connectivity index (χ4n) is 8.18. The molecule has 9 aromatic rings. The number of nitrogens with zero attached hydrogens (tertiary/aromatic N) is 2. The van der Waals surface area contributed by atoms with Gasteiger partial charge in [0, 0.05) is 21.9 Å². The van der Waals surface area contributed by atoms with Gasteiger partial charge in [-0.2, -0.15) is 0 Å². The molecule has 0 radical (unpaired) electrons. The first-order valence-electron chi connectivity index (χ1n) is 17.1. The molecule has 0 spiro atoms. The van der Waals surface area contributed by atoms with Gasteiger partial charge in [-0.25, -0.2) is 9.97 Å². The van der Waals surface area contributed by atoms with Crippen LogP contribution in [0.1, 0.15) is 22.3 Å². The highest BCUT2D eigenvalue weighted by atomic mass is 32.1. The molecule has 0 bridgehead atoms. The van der Waals surface area contributed by atoms with Crippen molar-refractivity contribution in [1.29, 1.82) is 0 Å². The van der Waals surface area contributed by atoms with E-state index in [1.165, 1.54) is 66.4 Å². The van der Waals surface area contributed by atoms with E-state index in [2.05, 4.69) is 178 Å². The predicted octanol–water partition coefficient (Wildman–Crippen LogP) is 12.8. The Morgan fingerprint density at radius 1 is 0.392 bits per heavy atom. The van der Waals surface area contributed by atoms with Crippen molar-refractivity contribution in [2.75, 3.05) is 0 Å². The number of thiazole rings is 2. The maximum absolute atomic E-state index is 4.64. The van der Waals surface area contributed by atoms with Gasteiger partial charge in [-0.3, -0.25) is 0 Å². The highest BCUT2D eigenvalue weighted by Gasteiger charge is 2.47. The standard InChI is InChI=1S/C47H30N2S2/c1-3-15-36(16-4-1)47(37-17-5-2-6-18-37)42-25-32(31-11-9-13-34(23-31)44-27-50-29-48-44)21-22-40(42)46-39-20-8-7-19-38(39)41(26-43(46)47)33-12-10-14-35(24-33)45-28-51-30-49-45/h1-30H. The van der Waals surface area contributed by atoms with Gasteiger partial charge in [0.25, 0.3) is 0 Å². The Labute approximate surface area is 305 Å². The summed E-state index contributed by atoms with van der Waals surface area (Å²) in [6.45, 7) is 0. The molecular formula is C47H30N2S2. The number of rotatable bonds is 6. The van der Waals surface area contributed by atoms with Gasteiger partial charge in [-0.15, -0.1) is 22.7 Å². The molecule has 0 aliphatic heterocycles. The topological polar surface area (TPSA) is 25.8 Å². The largest absolute Gasteiger partial charge is 0.245 e. The van der Waals surface area contributed by atoms with Crippen LogP contribution in [-0.2, 0) is 5.41 Å². The summed E-state index contributed by atoms with van der Waals surface area (Å²) in [6.07, 6.45) is 0. The van der Waals surface area contributed by atoms with Gasteiger partial charge < -0.3 is 0 Å². The monoisotopic (exact) mass is 686 g/mol. The number of hydrogen-bond acceptors (Lipinski definition) is 4. The van der Waals surface area contributed by atoms with Crippen LogP contribution in [0.25, 0.3) is 66.7 Å². The van der Waals surface area contributed by atoms with Gasteiger partial charge in [0.1, 0.15) is 0 Å². The van der Waals surface area contributed by atoms with E-state index in [0.717, 1.165) is 22.5 Å². The first-order valence-corrected chi connectivity index (χ1v) is 19.0. The molecule has 1 aliphatic carbocycles. The summed E-state index contributed by atoms with van der Waals surface area (Å²) in [5.74, 6) is 0. The van der Waals surface area contributed by atoms with Crippen molar-refractivity contribution >= 4 is 33.4 Å². The smallest absolute Gasteiger partial charge is 0.0811 e. The van der Waals surface area contributed by atoms with Crippen molar-refractivity contribution in [3.05, 3.63) is 202 Å². The second-order valence-corrected chi connectivity index (χ2v) is 14.5. The van der Waals surface area contributed by atoms with E-state index in [9.17, 15) is 0 Å². The second kappa shape index (κ2) is 12.1. The normalized spacial score (nSPS) is 12.9. The molecule has 0 saturated heterocycles. The van der Waals surface area contributed by atoms with E-state index >= 15 is 0 Å². The lowest BCUT2D eigenvalue weighted by molar-refractivity contribution is 0.769. The third-order valence-corrected chi connectivity index (χ3v) is 11.6. The lowest BCUT2D eigenvalue weighted by atomic mass is 9.67. The molecule has 4 heteroatoms. The van der Waals surface area contributed by atoms with Crippen molar-refractivity contribution in [2.45, 2.75) is 5.41 Å². The highest BCUT2D eigenvalue weighted by Crippen LogP contribution is 2.59. The van der Waals surface area contributed by atoms with Crippen LogP contribution in [0, 0.1) is 0 Å². The molecule has 2 nitrogen and oxygen atoms in total. The van der Waals surface area contributed by atoms with E-state index in [-0.39, 0.29) is 0 Å². The zero-order valence-corrected chi connectivity index (χ0v) is 29.2. The first kappa shape index (κ1) is 29.9. The van der Waals surface area contributed by atoms with Crippen molar-refractivity contribution in [3.63, 3.8) is 0 Å². The molecule has 0 fully saturated rings. The van der Waals surface area contributed by atoms with Gasteiger partial charge in [-0.1, -0.05) is 133 Å². The summed E-state index contributed by atoms with van der Waals surface area (Å²) < 4.78 is 0. The molecule has 0 unspecified atom stereocenters. The van der Waals surface area contributed by atoms with E-state index in [1.54, 1.807) is 22.7 Å². The molecule has 1 aliphatic rings. The minimum Gasteiger partial charge on any atom is -0.245 e. The summed E-state index contributed by atoms with van der Waals surface area (Å²) in [5, 5.41) is 6.74. The quantitative estimate of drug-likeness (QED) is 0.174. The Morgan fingerprint density at radius 3 is 1.57 bits per heavy atom. The third-order valence-electron chi connectivity index (χ3n) is 10.4. The van der Waals surface area contributed by atoms with Crippen LogP contribution in [0.15, 0.2) is 180 Å². The van der Waals surface area contributed by atoms with Crippen molar-refractivity contribution in [1.82, 2.24) is 9.97 Å². The molecule has 0 N–H and O–H groups in total. The average Bonchev–Trinajstić information content (AvgIpc) is 4.00. The Morgan fingerprint density at radius 2 is 0.941 bits per heavy atom. The Kier molecular flexibility index (Phi) is 7.12. The Balaban J connectivity index is 1.29. The minimum atomic E-state index is -0.555. The Bertz CT molecular complexity index is 2640. The van der Waals surface area contributed by atoms with E-state index in [1.807, 2.05) is 11.0 Å². The number of aromatic nitrogens is 2. The molecule has 10 rings (SSSR count). The fourth-order valence-corrected chi connectivity index (χ4v) is 9.30. The molecule has 0 amide bonds. The predicted molar refractivity (Wildman–Crippen MR) is 214 cm³/mol. The van der Waals surface area contributed by atoms with Gasteiger partial charge in [0.05, 0.1) is 27.8 Å². The fraction of sp³-hybridized carbons (Fsp3) is 0.0213. The van der Waals surface area contributed by atoms with Gasteiger partial charge in [0.15, 0.2) is 0 Å². The van der Waals surface area contributed by atoms with Crippen LogP contribution < -0.4 is 0 Å². The van der Waals surface area contributed by atoms with Crippen LogP contribution in [0.4, 0.5) is 0 Å². The zero-order valence-electron chi connectivity index (χ0n) is 27.5. The summed E-state index contributed by atoms with van der Waals surface area (Å²) in [7, 11) is 0. The number of hydrogen-bond donors (Lipinski definition) is 0. The van der Waals surface area contributed by atoms with Crippen LogP contribution in [0.5, 0.6) is 0 Å². The maximum atomic E-state index is 4.64. The van der Waals surface area contributed by atoms with Gasteiger partial charge in [0.2, 0.25) is 0 Å². The molecule has 0 saturated carbocycles. The molecule has 0 atom stereocenters. The van der Waals surface area contributed by atoms with E-state index in [0.29, 0.717) is 0 Å². The number of fused-ring (bicyclic) bond motifs is 5. The van der Waals surface area contributed by atoms with Crippen LogP contribution in [-0.4, -0.2) is 9.97 Å². The van der Waals surface area contributed by atoms with Crippen molar-refractivity contribution in [2.24, 2.45) is 0 Å². The van der Waals surface area contributed by atoms with Gasteiger partial charge >= 0.3 is 0 Å². The maximum Gasteiger partial charge on any atom is 0.0811 e. The van der Waals surface area contributed by atoms with Crippen molar-refractivity contribution < 1.29 is 0 Å². The molecule has 240 valence electrons. The summed E-state index contributed by atoms with van der Waals surface area (Å²) in [6, 6.07) is 58.4. The second-order valence-electron chi connectivity index (χ2n) is 13.0. The molecule has 51 heavy (non-hydrogen) atoms. The lowest BCUT2D eigenvalue weighted by Crippen LogP contribution is -2.28. The summed E-state index contributed by atoms with van der Waals surface area (Å²) in [5.41, 5.74) is 20.0. The lowest BCUT2D eigenvalue weighted by Gasteiger charge is -2.34. The molecule has 7 aromatic carbocycles. The zero-order chi connectivity index (χ0) is 33.8. The summed E-state index contributed by atoms with van der Waals surface area (Å²) >= 11 is 3.26. The van der Waals surface area contributed by atoms with Crippen LogP contribution in [0.3, 0.4) is 0 Å². The first-order chi connectivity index (χ1) is 25.3. The van der Waals surface area contributed by atoms with Crippen LogP contribution >= 0.6 is 22.7 Å². The Hall–Kier alpha value is -5.94. The number of benzene rings is 7. The molecule has 2 aromatic heterocycles. The van der Waals surface area contributed by atoms with E-state index in [4.69, 9.17) is 0 Å². The summed E-state index contributed by atoms with van der Waals surface area (Å²) in [4.78, 5) is 9.25. The minimum absolute atomic E-state index is 0.555. The van der Waals surface area contributed by atoms with Crippen molar-refractivity contribution in [3.8, 4) is 55.9 Å². The molecule has 2 heterocycles. The van der Waals surface area contributed by atoms with E-state index < -0.39 is 5.41 Å². The molecular weight excluding hydrogens is 657 g/mol. The highest BCUT2D eigenvalue weighted by molar-refractivity contribution is 7.08. The third kappa shape index (κ3) is 4.75. The SMILES string of the molecule is c1ccc(C2(c3ccccc3)c3cc(-c4cccc(-c5cscn5)c4)ccc3-c3c2cc(-c2cccc(-c4cscn4)c2)c2ccccc32)cc1. The van der Waals surface area contributed by atoms with Crippen LogP contribution in [0.2, 0.25) is 0 Å². The average molecular weight is 687 g/mol.